The van der Waals surface area contributed by atoms with Gasteiger partial charge in [-0.1, -0.05) is 18.2 Å². The average Bonchev–Trinajstić information content (AvgIpc) is 2.91. The summed E-state index contributed by atoms with van der Waals surface area (Å²) in [4.78, 5) is 14.5. The molecule has 1 aliphatic rings. The molecule has 0 bridgehead atoms. The van der Waals surface area contributed by atoms with Gasteiger partial charge in [-0.15, -0.1) is 0 Å². The van der Waals surface area contributed by atoms with Crippen LogP contribution in [0.3, 0.4) is 0 Å². The summed E-state index contributed by atoms with van der Waals surface area (Å²) in [6.45, 7) is 4.26. The van der Waals surface area contributed by atoms with Crippen molar-refractivity contribution in [3.63, 3.8) is 0 Å². The monoisotopic (exact) mass is 513 g/mol. The van der Waals surface area contributed by atoms with Gasteiger partial charge in [-0.2, -0.15) is 10.1 Å². The maximum Gasteiger partial charge on any atom is 0.245 e. The third kappa shape index (κ3) is 6.60. The molecule has 9 nitrogen and oxygen atoms in total. The predicted molar refractivity (Wildman–Crippen MR) is 146 cm³/mol. The Morgan fingerprint density at radius 1 is 1.03 bits per heavy atom. The molecule has 0 aliphatic carbocycles. The Kier molecular flexibility index (Phi) is 7.70. The van der Waals surface area contributed by atoms with Crippen LogP contribution in [0.15, 0.2) is 72.1 Å². The van der Waals surface area contributed by atoms with Gasteiger partial charge in [-0.05, 0) is 66.4 Å². The fraction of sp³-hybridized carbons (Fsp3) is 0.214. The molecule has 0 radical (unpaired) electrons. The van der Waals surface area contributed by atoms with Crippen LogP contribution in [0, 0.1) is 12.7 Å². The van der Waals surface area contributed by atoms with Crippen LogP contribution < -0.4 is 15.6 Å². The first-order valence-corrected chi connectivity index (χ1v) is 12.3. The number of pyridine rings is 1. The number of nitrogens with zero attached hydrogens (tertiary/aromatic N) is 5. The minimum absolute atomic E-state index is 0.198. The van der Waals surface area contributed by atoms with Gasteiger partial charge in [0.05, 0.1) is 43.2 Å². The molecule has 3 heterocycles. The molecule has 0 spiro atoms. The zero-order valence-electron chi connectivity index (χ0n) is 20.9. The number of nitrogens with one attached hydrogen (secondary N) is 2. The van der Waals surface area contributed by atoms with Gasteiger partial charge in [-0.3, -0.25) is 4.98 Å². The normalized spacial score (nSPS) is 13.6. The standard InChI is InChI=1S/C28H28FN7O2/c1-19-11-21(13-20-3-2-4-25(37)15-20)14-24(12-19)33-23-6-5-22(30-16-23)17-32-35-28-31-18-26(29)27(34-28)36-7-9-38-10-8-36/h2-6,11-12,14-18,33,37H,7-10,13H2,1H3,(H,31,34,35)/b32-17+. The third-order valence-corrected chi connectivity index (χ3v) is 5.93. The fourth-order valence-corrected chi connectivity index (χ4v) is 4.23. The molecule has 0 atom stereocenters. The van der Waals surface area contributed by atoms with Crippen molar-refractivity contribution in [3.05, 3.63) is 95.2 Å². The number of benzene rings is 2. The lowest BCUT2D eigenvalue weighted by molar-refractivity contribution is 0.122. The number of rotatable bonds is 8. The van der Waals surface area contributed by atoms with E-state index < -0.39 is 5.82 Å². The molecule has 0 amide bonds. The molecule has 3 N–H and O–H groups in total. The number of phenols is 1. The number of hydrogen-bond acceptors (Lipinski definition) is 9. The summed E-state index contributed by atoms with van der Waals surface area (Å²) in [6, 6.07) is 17.3. The lowest BCUT2D eigenvalue weighted by atomic mass is 10.0. The number of hydrazone groups is 1. The van der Waals surface area contributed by atoms with Crippen molar-refractivity contribution in [2.45, 2.75) is 13.3 Å². The van der Waals surface area contributed by atoms with E-state index in [-0.39, 0.29) is 17.5 Å². The first-order chi connectivity index (χ1) is 18.5. The molecule has 0 unspecified atom stereocenters. The van der Waals surface area contributed by atoms with Crippen molar-refractivity contribution in [2.75, 3.05) is 41.9 Å². The molecular formula is C28H28FN7O2. The molecule has 194 valence electrons. The molecule has 5 rings (SSSR count). The van der Waals surface area contributed by atoms with Crippen molar-refractivity contribution in [2.24, 2.45) is 5.10 Å². The Balaban J connectivity index is 1.20. The van der Waals surface area contributed by atoms with E-state index in [2.05, 4.69) is 55.9 Å². The van der Waals surface area contributed by atoms with E-state index in [1.165, 1.54) is 0 Å². The van der Waals surface area contributed by atoms with Gasteiger partial charge >= 0.3 is 0 Å². The van der Waals surface area contributed by atoms with E-state index in [9.17, 15) is 9.50 Å². The van der Waals surface area contributed by atoms with Gasteiger partial charge in [0.15, 0.2) is 11.6 Å². The van der Waals surface area contributed by atoms with Crippen LogP contribution in [0.2, 0.25) is 0 Å². The molecule has 1 saturated heterocycles. The summed E-state index contributed by atoms with van der Waals surface area (Å²) in [5.74, 6) is 0.215. The highest BCUT2D eigenvalue weighted by atomic mass is 19.1. The van der Waals surface area contributed by atoms with Crippen LogP contribution >= 0.6 is 0 Å². The highest BCUT2D eigenvalue weighted by molar-refractivity contribution is 5.78. The summed E-state index contributed by atoms with van der Waals surface area (Å²) in [7, 11) is 0. The van der Waals surface area contributed by atoms with E-state index in [4.69, 9.17) is 4.74 Å². The molecule has 38 heavy (non-hydrogen) atoms. The third-order valence-electron chi connectivity index (χ3n) is 5.93. The van der Waals surface area contributed by atoms with Gasteiger partial charge in [0.1, 0.15) is 5.75 Å². The zero-order valence-corrected chi connectivity index (χ0v) is 20.9. The van der Waals surface area contributed by atoms with Crippen molar-refractivity contribution >= 4 is 29.4 Å². The van der Waals surface area contributed by atoms with E-state index >= 15 is 0 Å². The molecule has 10 heteroatoms. The number of aryl methyl sites for hydroxylation is 1. The summed E-state index contributed by atoms with van der Waals surface area (Å²) in [5, 5.41) is 17.3. The minimum Gasteiger partial charge on any atom is -0.508 e. The lowest BCUT2D eigenvalue weighted by Crippen LogP contribution is -2.37. The number of halogens is 1. The number of aromatic nitrogens is 3. The Labute approximate surface area is 220 Å². The second-order valence-electron chi connectivity index (χ2n) is 8.99. The Bertz CT molecular complexity index is 1420. The second-order valence-corrected chi connectivity index (χ2v) is 8.99. The molecule has 2 aromatic heterocycles. The van der Waals surface area contributed by atoms with E-state index in [1.807, 2.05) is 29.2 Å². The molecule has 1 aliphatic heterocycles. The van der Waals surface area contributed by atoms with Crippen LogP contribution in [-0.2, 0) is 11.2 Å². The van der Waals surface area contributed by atoms with Crippen LogP contribution in [0.25, 0.3) is 0 Å². The number of phenolic OH excluding ortho intramolecular Hbond substituents is 1. The zero-order chi connectivity index (χ0) is 26.3. The number of morpholine rings is 1. The van der Waals surface area contributed by atoms with Gasteiger partial charge in [0.25, 0.3) is 0 Å². The van der Waals surface area contributed by atoms with Gasteiger partial charge in [0, 0.05) is 18.8 Å². The molecule has 4 aromatic rings. The number of ether oxygens (including phenoxy) is 1. The van der Waals surface area contributed by atoms with E-state index in [0.717, 1.165) is 40.7 Å². The summed E-state index contributed by atoms with van der Waals surface area (Å²) in [6.07, 6.45) is 5.13. The SMILES string of the molecule is Cc1cc(Cc2cccc(O)c2)cc(Nc2ccc(/C=N/Nc3ncc(F)c(N4CCOCC4)n3)nc2)c1. The van der Waals surface area contributed by atoms with Crippen molar-refractivity contribution in [1.82, 2.24) is 15.0 Å². The predicted octanol–water partition coefficient (Wildman–Crippen LogP) is 4.64. The summed E-state index contributed by atoms with van der Waals surface area (Å²) in [5.41, 5.74) is 8.48. The molecule has 1 fully saturated rings. The van der Waals surface area contributed by atoms with Crippen LogP contribution in [0.1, 0.15) is 22.4 Å². The van der Waals surface area contributed by atoms with Gasteiger partial charge in [-0.25, -0.2) is 14.8 Å². The first-order valence-electron chi connectivity index (χ1n) is 12.3. The first kappa shape index (κ1) is 25.1. The Hall–Kier alpha value is -4.57. The quantitative estimate of drug-likeness (QED) is 0.231. The number of hydrogen-bond donors (Lipinski definition) is 3. The van der Waals surface area contributed by atoms with Crippen LogP contribution in [0.5, 0.6) is 5.75 Å². The second kappa shape index (κ2) is 11.7. The van der Waals surface area contributed by atoms with Crippen LogP contribution in [-0.4, -0.2) is 52.6 Å². The summed E-state index contributed by atoms with van der Waals surface area (Å²) < 4.78 is 19.5. The Morgan fingerprint density at radius 2 is 1.89 bits per heavy atom. The fourth-order valence-electron chi connectivity index (χ4n) is 4.23. The number of aromatic hydroxyl groups is 1. The van der Waals surface area contributed by atoms with Crippen molar-refractivity contribution < 1.29 is 14.2 Å². The smallest absolute Gasteiger partial charge is 0.245 e. The molecular weight excluding hydrogens is 485 g/mol. The van der Waals surface area contributed by atoms with Gasteiger partial charge < -0.3 is 20.1 Å². The van der Waals surface area contributed by atoms with E-state index in [1.54, 1.807) is 24.5 Å². The highest BCUT2D eigenvalue weighted by Crippen LogP contribution is 2.23. The van der Waals surface area contributed by atoms with Crippen LogP contribution in [0.4, 0.5) is 27.5 Å². The van der Waals surface area contributed by atoms with Crippen molar-refractivity contribution in [3.8, 4) is 5.75 Å². The maximum atomic E-state index is 14.2. The lowest BCUT2D eigenvalue weighted by Gasteiger charge is -2.27. The van der Waals surface area contributed by atoms with Crippen molar-refractivity contribution in [1.29, 1.82) is 0 Å². The average molecular weight is 514 g/mol. The van der Waals surface area contributed by atoms with Gasteiger partial charge in [0.2, 0.25) is 5.95 Å². The summed E-state index contributed by atoms with van der Waals surface area (Å²) >= 11 is 0. The topological polar surface area (TPSA) is 108 Å². The minimum atomic E-state index is -0.480. The highest BCUT2D eigenvalue weighted by Gasteiger charge is 2.17. The van der Waals surface area contributed by atoms with E-state index in [0.29, 0.717) is 32.0 Å². The Morgan fingerprint density at radius 3 is 2.68 bits per heavy atom. The molecule has 0 saturated carbocycles. The maximum absolute atomic E-state index is 14.2. The number of anilines is 4. The molecule has 2 aromatic carbocycles. The largest absolute Gasteiger partial charge is 0.508 e.